The van der Waals surface area contributed by atoms with Gasteiger partial charge >= 0.3 is 0 Å². The fourth-order valence-corrected chi connectivity index (χ4v) is 4.04. The van der Waals surface area contributed by atoms with Crippen LogP contribution in [0.15, 0.2) is 60.8 Å². The Balaban J connectivity index is 1.66. The van der Waals surface area contributed by atoms with E-state index >= 15 is 0 Å². The first-order valence-corrected chi connectivity index (χ1v) is 10.9. The molecule has 0 fully saturated rings. The number of thiophene rings is 1. The van der Waals surface area contributed by atoms with Crippen LogP contribution in [-0.2, 0) is 4.79 Å². The summed E-state index contributed by atoms with van der Waals surface area (Å²) in [7, 11) is 0. The Morgan fingerprint density at radius 2 is 1.90 bits per heavy atom. The molecule has 0 spiro atoms. The Labute approximate surface area is 186 Å². The zero-order valence-corrected chi connectivity index (χ0v) is 18.8. The average Bonchev–Trinajstić information content (AvgIpc) is 3.30. The second-order valence-corrected chi connectivity index (χ2v) is 9.37. The molecule has 31 heavy (non-hydrogen) atoms. The maximum atomic E-state index is 11.3. The largest absolute Gasteiger partial charge is 0.365 e. The Morgan fingerprint density at radius 3 is 2.68 bits per heavy atom. The van der Waals surface area contributed by atoms with Gasteiger partial charge in [0.25, 0.3) is 0 Å². The van der Waals surface area contributed by atoms with Crippen molar-refractivity contribution < 1.29 is 4.79 Å². The number of pyridine rings is 1. The molecule has 4 rings (SSSR count). The quantitative estimate of drug-likeness (QED) is 0.416. The SMILES string of the molecule is CC(=O)Nc1cccc(C#Cc2ccc(-c3nc4ccccn4c3NC(C)(C)C)s2)c1. The van der Waals surface area contributed by atoms with Crippen molar-refractivity contribution in [3.05, 3.63) is 71.2 Å². The molecule has 2 N–H and O–H groups in total. The van der Waals surface area contributed by atoms with E-state index in [1.165, 1.54) is 6.92 Å². The van der Waals surface area contributed by atoms with Gasteiger partial charge in [0.15, 0.2) is 0 Å². The molecule has 156 valence electrons. The van der Waals surface area contributed by atoms with E-state index in [0.717, 1.165) is 38.2 Å². The van der Waals surface area contributed by atoms with Gasteiger partial charge in [-0.05, 0) is 63.2 Å². The van der Waals surface area contributed by atoms with Gasteiger partial charge in [-0.2, -0.15) is 0 Å². The predicted molar refractivity (Wildman–Crippen MR) is 129 cm³/mol. The third-order valence-corrected chi connectivity index (χ3v) is 5.38. The minimum absolute atomic E-state index is 0.0971. The fourth-order valence-electron chi connectivity index (χ4n) is 3.19. The number of carbonyl (C=O) groups excluding carboxylic acids is 1. The summed E-state index contributed by atoms with van der Waals surface area (Å²) in [5.41, 5.74) is 3.32. The summed E-state index contributed by atoms with van der Waals surface area (Å²) in [6.45, 7) is 7.91. The zero-order valence-electron chi connectivity index (χ0n) is 18.0. The maximum absolute atomic E-state index is 11.3. The van der Waals surface area contributed by atoms with E-state index in [0.29, 0.717) is 0 Å². The number of benzene rings is 1. The van der Waals surface area contributed by atoms with Crippen molar-refractivity contribution in [2.45, 2.75) is 33.2 Å². The molecule has 3 aromatic heterocycles. The molecule has 0 aliphatic heterocycles. The third kappa shape index (κ3) is 4.96. The van der Waals surface area contributed by atoms with Crippen LogP contribution < -0.4 is 10.6 Å². The van der Waals surface area contributed by atoms with Crippen molar-refractivity contribution in [2.75, 3.05) is 10.6 Å². The summed E-state index contributed by atoms with van der Waals surface area (Å²) in [5, 5.41) is 6.38. The van der Waals surface area contributed by atoms with Crippen LogP contribution in [0, 0.1) is 11.8 Å². The molecule has 1 amide bonds. The lowest BCUT2D eigenvalue weighted by Crippen LogP contribution is -2.27. The molecule has 0 atom stereocenters. The molecule has 0 saturated carbocycles. The fraction of sp³-hybridized carbons (Fsp3) is 0.200. The lowest BCUT2D eigenvalue weighted by atomic mass is 10.1. The number of carbonyl (C=O) groups is 1. The highest BCUT2D eigenvalue weighted by atomic mass is 32.1. The molecule has 6 heteroatoms. The first-order valence-electron chi connectivity index (χ1n) is 10.0. The normalized spacial score (nSPS) is 11.1. The van der Waals surface area contributed by atoms with Crippen molar-refractivity contribution in [3.63, 3.8) is 0 Å². The van der Waals surface area contributed by atoms with Gasteiger partial charge in [0, 0.05) is 29.9 Å². The maximum Gasteiger partial charge on any atom is 0.221 e. The second-order valence-electron chi connectivity index (χ2n) is 8.29. The smallest absolute Gasteiger partial charge is 0.221 e. The third-order valence-electron chi connectivity index (χ3n) is 4.38. The molecule has 0 radical (unpaired) electrons. The van der Waals surface area contributed by atoms with Crippen LogP contribution in [0.25, 0.3) is 16.2 Å². The van der Waals surface area contributed by atoms with Gasteiger partial charge in [-0.15, -0.1) is 11.3 Å². The van der Waals surface area contributed by atoms with Gasteiger partial charge in [0.1, 0.15) is 17.2 Å². The number of rotatable bonds is 3. The van der Waals surface area contributed by atoms with Crippen LogP contribution in [0.5, 0.6) is 0 Å². The van der Waals surface area contributed by atoms with Gasteiger partial charge in [0.05, 0.1) is 9.75 Å². The zero-order chi connectivity index (χ0) is 22.0. The van der Waals surface area contributed by atoms with Gasteiger partial charge in [0.2, 0.25) is 5.91 Å². The van der Waals surface area contributed by atoms with Gasteiger partial charge in [-0.1, -0.05) is 24.0 Å². The van der Waals surface area contributed by atoms with E-state index in [2.05, 4.69) is 53.7 Å². The summed E-state index contributed by atoms with van der Waals surface area (Å²) < 4.78 is 2.08. The number of amides is 1. The van der Waals surface area contributed by atoms with Crippen LogP contribution >= 0.6 is 11.3 Å². The number of imidazole rings is 1. The van der Waals surface area contributed by atoms with Crippen molar-refractivity contribution in [3.8, 4) is 22.4 Å². The minimum Gasteiger partial charge on any atom is -0.365 e. The number of hydrogen-bond donors (Lipinski definition) is 2. The van der Waals surface area contributed by atoms with Crippen molar-refractivity contribution in [2.24, 2.45) is 0 Å². The van der Waals surface area contributed by atoms with Crippen molar-refractivity contribution in [1.82, 2.24) is 9.38 Å². The Kier molecular flexibility index (Phi) is 5.53. The van der Waals surface area contributed by atoms with E-state index in [9.17, 15) is 4.79 Å². The van der Waals surface area contributed by atoms with Gasteiger partial charge < -0.3 is 10.6 Å². The molecular formula is C25H24N4OS. The average molecular weight is 429 g/mol. The van der Waals surface area contributed by atoms with Crippen molar-refractivity contribution in [1.29, 1.82) is 0 Å². The molecule has 3 heterocycles. The highest BCUT2D eigenvalue weighted by molar-refractivity contribution is 7.16. The standard InChI is InChI=1S/C25H24N4OS/c1-17(30)26-19-9-7-8-18(16-19)11-12-20-13-14-21(31-20)23-24(28-25(2,3)4)29-15-6-5-10-22(29)27-23/h5-10,13-16,28H,1-4H3,(H,26,30). The van der Waals surface area contributed by atoms with E-state index < -0.39 is 0 Å². The molecule has 0 bridgehead atoms. The minimum atomic E-state index is -0.0978. The molecule has 0 aliphatic carbocycles. The predicted octanol–water partition coefficient (Wildman–Crippen LogP) is 5.63. The monoisotopic (exact) mass is 428 g/mol. The lowest BCUT2D eigenvalue weighted by Gasteiger charge is -2.22. The highest BCUT2D eigenvalue weighted by Gasteiger charge is 2.20. The Morgan fingerprint density at radius 1 is 1.06 bits per heavy atom. The van der Waals surface area contributed by atoms with Crippen LogP contribution in [-0.4, -0.2) is 20.8 Å². The van der Waals surface area contributed by atoms with Gasteiger partial charge in [-0.3, -0.25) is 9.20 Å². The number of aromatic nitrogens is 2. The van der Waals surface area contributed by atoms with E-state index in [1.54, 1.807) is 11.3 Å². The van der Waals surface area contributed by atoms with Crippen LogP contribution in [0.4, 0.5) is 11.5 Å². The number of fused-ring (bicyclic) bond motifs is 1. The number of anilines is 2. The van der Waals surface area contributed by atoms with Gasteiger partial charge in [-0.25, -0.2) is 4.98 Å². The summed E-state index contributed by atoms with van der Waals surface area (Å²) in [4.78, 5) is 18.1. The molecular weight excluding hydrogens is 404 g/mol. The topological polar surface area (TPSA) is 58.4 Å². The first-order chi connectivity index (χ1) is 14.8. The first kappa shape index (κ1) is 20.7. The van der Waals surface area contributed by atoms with Crippen LogP contribution in [0.3, 0.4) is 0 Å². The summed E-state index contributed by atoms with van der Waals surface area (Å²) in [5.74, 6) is 7.30. The number of hydrogen-bond acceptors (Lipinski definition) is 4. The van der Waals surface area contributed by atoms with Crippen molar-refractivity contribution >= 4 is 34.4 Å². The summed E-state index contributed by atoms with van der Waals surface area (Å²) >= 11 is 1.62. The molecule has 0 unspecified atom stereocenters. The lowest BCUT2D eigenvalue weighted by molar-refractivity contribution is -0.114. The molecule has 0 aliphatic rings. The van der Waals surface area contributed by atoms with E-state index in [-0.39, 0.29) is 11.4 Å². The summed E-state index contributed by atoms with van der Waals surface area (Å²) in [6, 6.07) is 17.6. The van der Waals surface area contributed by atoms with E-state index in [4.69, 9.17) is 4.98 Å². The molecule has 1 aromatic carbocycles. The molecule has 5 nitrogen and oxygen atoms in total. The highest BCUT2D eigenvalue weighted by Crippen LogP contribution is 2.35. The van der Waals surface area contributed by atoms with Crippen LogP contribution in [0.1, 0.15) is 38.1 Å². The molecule has 0 saturated heterocycles. The molecule has 4 aromatic rings. The second kappa shape index (κ2) is 8.29. The number of nitrogens with zero attached hydrogens (tertiary/aromatic N) is 2. The van der Waals surface area contributed by atoms with Crippen LogP contribution in [0.2, 0.25) is 0 Å². The summed E-state index contributed by atoms with van der Waals surface area (Å²) in [6.07, 6.45) is 2.02. The number of nitrogens with one attached hydrogen (secondary N) is 2. The van der Waals surface area contributed by atoms with E-state index in [1.807, 2.05) is 54.7 Å². The Hall–Kier alpha value is -3.56. The Bertz CT molecular complexity index is 1310.